The maximum atomic E-state index is 12.3. The molecular formula is C15H10N2O4. The minimum atomic E-state index is -0.585. The lowest BCUT2D eigenvalue weighted by Crippen LogP contribution is -2.29. The Labute approximate surface area is 119 Å². The number of nitrogens with zero attached hydrogens (tertiary/aromatic N) is 2. The normalized spacial score (nSPS) is 13.4. The molecule has 0 spiro atoms. The standard InChI is InChI=1S/C15H10N2O4/c18-14-12-7-6-11(17(20)21)8-13(12)15(19)16(14)9-10-4-2-1-3-5-10/h1-8H,9H2. The van der Waals surface area contributed by atoms with Crippen LogP contribution in [-0.4, -0.2) is 21.6 Å². The molecule has 6 heteroatoms. The molecule has 0 unspecified atom stereocenters. The largest absolute Gasteiger partial charge is 0.270 e. The number of nitro benzene ring substituents is 1. The highest BCUT2D eigenvalue weighted by atomic mass is 16.6. The summed E-state index contributed by atoms with van der Waals surface area (Å²) in [6.45, 7) is 0.154. The predicted molar refractivity (Wildman–Crippen MR) is 73.7 cm³/mol. The number of benzene rings is 2. The summed E-state index contributed by atoms with van der Waals surface area (Å²) in [6, 6.07) is 12.8. The average Bonchev–Trinajstić information content (AvgIpc) is 2.73. The quantitative estimate of drug-likeness (QED) is 0.492. The molecule has 2 amide bonds. The summed E-state index contributed by atoms with van der Waals surface area (Å²) in [5, 5.41) is 10.8. The van der Waals surface area contributed by atoms with E-state index >= 15 is 0 Å². The van der Waals surface area contributed by atoms with Crippen molar-refractivity contribution in [2.24, 2.45) is 0 Å². The first kappa shape index (κ1) is 13.0. The lowest BCUT2D eigenvalue weighted by Gasteiger charge is -2.13. The van der Waals surface area contributed by atoms with Gasteiger partial charge in [0.15, 0.2) is 0 Å². The Morgan fingerprint density at radius 1 is 0.952 bits per heavy atom. The Morgan fingerprint density at radius 3 is 2.29 bits per heavy atom. The van der Waals surface area contributed by atoms with Crippen LogP contribution in [0.15, 0.2) is 48.5 Å². The van der Waals surface area contributed by atoms with Gasteiger partial charge in [0.25, 0.3) is 17.5 Å². The number of nitro groups is 1. The van der Waals surface area contributed by atoms with Gasteiger partial charge < -0.3 is 0 Å². The summed E-state index contributed by atoms with van der Waals surface area (Å²) in [5.74, 6) is -0.920. The van der Waals surface area contributed by atoms with Crippen LogP contribution in [0.25, 0.3) is 0 Å². The highest BCUT2D eigenvalue weighted by molar-refractivity contribution is 6.21. The summed E-state index contributed by atoms with van der Waals surface area (Å²) in [6.07, 6.45) is 0. The second kappa shape index (κ2) is 4.82. The van der Waals surface area contributed by atoms with Crippen LogP contribution in [0.1, 0.15) is 26.3 Å². The van der Waals surface area contributed by atoms with Gasteiger partial charge in [0.2, 0.25) is 0 Å². The SMILES string of the molecule is O=C1c2ccc([N+](=O)[O-])cc2C(=O)N1Cc1ccccc1. The van der Waals surface area contributed by atoms with E-state index in [4.69, 9.17) is 0 Å². The van der Waals surface area contributed by atoms with Gasteiger partial charge in [-0.15, -0.1) is 0 Å². The molecule has 1 heterocycles. The van der Waals surface area contributed by atoms with E-state index in [-0.39, 0.29) is 23.4 Å². The Balaban J connectivity index is 1.95. The summed E-state index contributed by atoms with van der Waals surface area (Å²) in [5.41, 5.74) is 0.921. The fraction of sp³-hybridized carbons (Fsp3) is 0.0667. The van der Waals surface area contributed by atoms with Gasteiger partial charge in [0, 0.05) is 12.1 Å². The maximum absolute atomic E-state index is 12.3. The van der Waals surface area contributed by atoms with Gasteiger partial charge in [0.05, 0.1) is 22.6 Å². The molecule has 21 heavy (non-hydrogen) atoms. The highest BCUT2D eigenvalue weighted by Gasteiger charge is 2.36. The minimum absolute atomic E-state index is 0.0881. The lowest BCUT2D eigenvalue weighted by molar-refractivity contribution is -0.384. The number of non-ortho nitro benzene ring substituents is 1. The second-order valence-electron chi connectivity index (χ2n) is 4.67. The number of hydrogen-bond donors (Lipinski definition) is 0. The zero-order chi connectivity index (χ0) is 15.0. The Hall–Kier alpha value is -3.02. The van der Waals surface area contributed by atoms with E-state index in [9.17, 15) is 19.7 Å². The fourth-order valence-corrected chi connectivity index (χ4v) is 2.30. The van der Waals surface area contributed by atoms with E-state index in [1.165, 1.54) is 12.1 Å². The molecule has 104 valence electrons. The average molecular weight is 282 g/mol. The Morgan fingerprint density at radius 2 is 1.62 bits per heavy atom. The van der Waals surface area contributed by atoms with Crippen molar-refractivity contribution in [3.8, 4) is 0 Å². The molecule has 2 aromatic carbocycles. The topological polar surface area (TPSA) is 80.5 Å². The zero-order valence-corrected chi connectivity index (χ0v) is 10.9. The third-order valence-electron chi connectivity index (χ3n) is 3.35. The number of carbonyl (C=O) groups is 2. The summed E-state index contributed by atoms with van der Waals surface area (Å²) in [7, 11) is 0. The van der Waals surface area contributed by atoms with Crippen LogP contribution in [0.4, 0.5) is 5.69 Å². The van der Waals surface area contributed by atoms with Crippen LogP contribution in [0, 0.1) is 10.1 Å². The van der Waals surface area contributed by atoms with Crippen molar-refractivity contribution >= 4 is 17.5 Å². The lowest BCUT2D eigenvalue weighted by atomic mass is 10.1. The van der Waals surface area contributed by atoms with Gasteiger partial charge in [0.1, 0.15) is 0 Å². The van der Waals surface area contributed by atoms with Crippen LogP contribution >= 0.6 is 0 Å². The van der Waals surface area contributed by atoms with Crippen LogP contribution in [0.2, 0.25) is 0 Å². The van der Waals surface area contributed by atoms with Crippen molar-refractivity contribution in [2.75, 3.05) is 0 Å². The molecule has 0 aromatic heterocycles. The van der Waals surface area contributed by atoms with E-state index in [0.717, 1.165) is 16.5 Å². The van der Waals surface area contributed by atoms with Crippen molar-refractivity contribution in [2.45, 2.75) is 6.54 Å². The monoisotopic (exact) mass is 282 g/mol. The molecule has 0 aliphatic carbocycles. The first-order chi connectivity index (χ1) is 10.1. The predicted octanol–water partition coefficient (Wildman–Crippen LogP) is 2.39. The van der Waals surface area contributed by atoms with Gasteiger partial charge in [-0.3, -0.25) is 24.6 Å². The molecular weight excluding hydrogens is 272 g/mol. The second-order valence-corrected chi connectivity index (χ2v) is 4.67. The number of rotatable bonds is 3. The molecule has 0 saturated heterocycles. The van der Waals surface area contributed by atoms with E-state index in [0.29, 0.717) is 0 Å². The third-order valence-corrected chi connectivity index (χ3v) is 3.35. The third kappa shape index (κ3) is 2.16. The van der Waals surface area contributed by atoms with Crippen molar-refractivity contribution < 1.29 is 14.5 Å². The van der Waals surface area contributed by atoms with Crippen LogP contribution in [0.3, 0.4) is 0 Å². The van der Waals surface area contributed by atoms with E-state index < -0.39 is 16.7 Å². The zero-order valence-electron chi connectivity index (χ0n) is 10.9. The van der Waals surface area contributed by atoms with Gasteiger partial charge in [-0.05, 0) is 11.6 Å². The Bertz CT molecular complexity index is 756. The first-order valence-corrected chi connectivity index (χ1v) is 6.26. The van der Waals surface area contributed by atoms with Crippen molar-refractivity contribution in [3.05, 3.63) is 75.3 Å². The molecule has 0 fully saturated rings. The van der Waals surface area contributed by atoms with Crippen LogP contribution in [-0.2, 0) is 6.54 Å². The molecule has 1 aliphatic heterocycles. The van der Waals surface area contributed by atoms with Crippen LogP contribution in [0.5, 0.6) is 0 Å². The molecule has 3 rings (SSSR count). The number of carbonyl (C=O) groups excluding carboxylic acids is 2. The van der Waals surface area contributed by atoms with E-state index in [2.05, 4.69) is 0 Å². The number of imide groups is 1. The first-order valence-electron chi connectivity index (χ1n) is 6.26. The number of fused-ring (bicyclic) bond motifs is 1. The Kier molecular flexibility index (Phi) is 2.98. The summed E-state index contributed by atoms with van der Waals surface area (Å²) >= 11 is 0. The molecule has 0 N–H and O–H groups in total. The summed E-state index contributed by atoms with van der Waals surface area (Å²) in [4.78, 5) is 35.8. The molecule has 0 bridgehead atoms. The highest BCUT2D eigenvalue weighted by Crippen LogP contribution is 2.27. The van der Waals surface area contributed by atoms with Crippen molar-refractivity contribution in [1.82, 2.24) is 4.90 Å². The van der Waals surface area contributed by atoms with E-state index in [1.54, 1.807) is 0 Å². The van der Waals surface area contributed by atoms with Gasteiger partial charge in [-0.2, -0.15) is 0 Å². The van der Waals surface area contributed by atoms with Crippen molar-refractivity contribution in [3.63, 3.8) is 0 Å². The summed E-state index contributed by atoms with van der Waals surface area (Å²) < 4.78 is 0. The fourth-order valence-electron chi connectivity index (χ4n) is 2.30. The van der Waals surface area contributed by atoms with Crippen LogP contribution < -0.4 is 0 Å². The van der Waals surface area contributed by atoms with Gasteiger partial charge in [-0.1, -0.05) is 30.3 Å². The van der Waals surface area contributed by atoms with E-state index in [1.807, 2.05) is 30.3 Å². The maximum Gasteiger partial charge on any atom is 0.270 e. The molecule has 2 aromatic rings. The molecule has 0 radical (unpaired) electrons. The van der Waals surface area contributed by atoms with Gasteiger partial charge >= 0.3 is 0 Å². The smallest absolute Gasteiger partial charge is 0.270 e. The van der Waals surface area contributed by atoms with Crippen molar-refractivity contribution in [1.29, 1.82) is 0 Å². The number of hydrogen-bond acceptors (Lipinski definition) is 4. The number of amides is 2. The van der Waals surface area contributed by atoms with Gasteiger partial charge in [-0.25, -0.2) is 0 Å². The molecule has 1 aliphatic rings. The molecule has 0 saturated carbocycles. The minimum Gasteiger partial charge on any atom is -0.270 e. The molecule has 6 nitrogen and oxygen atoms in total. The molecule has 0 atom stereocenters.